The minimum atomic E-state index is -0.141. The summed E-state index contributed by atoms with van der Waals surface area (Å²) >= 11 is 3.39. The second kappa shape index (κ2) is 8.36. The summed E-state index contributed by atoms with van der Waals surface area (Å²) < 4.78 is 16.5. The summed E-state index contributed by atoms with van der Waals surface area (Å²) in [5.74, 6) is 0.993. The maximum absolute atomic E-state index is 12.3. The van der Waals surface area contributed by atoms with Crippen molar-refractivity contribution in [1.29, 1.82) is 0 Å². The van der Waals surface area contributed by atoms with Gasteiger partial charge in [-0.05, 0) is 28.1 Å². The van der Waals surface area contributed by atoms with Gasteiger partial charge in [0.2, 0.25) is 0 Å². The predicted molar refractivity (Wildman–Crippen MR) is 86.8 cm³/mol. The first-order valence-electron chi connectivity index (χ1n) is 7.15. The van der Waals surface area contributed by atoms with Crippen LogP contribution in [0.15, 0.2) is 16.6 Å². The van der Waals surface area contributed by atoms with E-state index in [-0.39, 0.29) is 5.91 Å². The van der Waals surface area contributed by atoms with Gasteiger partial charge in [0.15, 0.2) is 0 Å². The van der Waals surface area contributed by atoms with Gasteiger partial charge in [-0.15, -0.1) is 0 Å². The maximum atomic E-state index is 12.3. The molecule has 22 heavy (non-hydrogen) atoms. The highest BCUT2D eigenvalue weighted by Crippen LogP contribution is 2.35. The molecule has 0 atom stereocenters. The predicted octanol–water partition coefficient (Wildman–Crippen LogP) is 1.53. The van der Waals surface area contributed by atoms with Crippen molar-refractivity contribution in [3.8, 4) is 11.5 Å². The molecule has 1 amide bonds. The molecule has 1 aliphatic rings. The molecule has 7 heteroatoms. The van der Waals surface area contributed by atoms with Crippen molar-refractivity contribution < 1.29 is 19.0 Å². The van der Waals surface area contributed by atoms with Crippen molar-refractivity contribution in [3.63, 3.8) is 0 Å². The number of hydrogen-bond donors (Lipinski definition) is 1. The maximum Gasteiger partial charge on any atom is 0.251 e. The number of methoxy groups -OCH3 is 2. The Balaban J connectivity index is 1.94. The lowest BCUT2D eigenvalue weighted by Gasteiger charge is -2.26. The summed E-state index contributed by atoms with van der Waals surface area (Å²) in [6.07, 6.45) is 0. The van der Waals surface area contributed by atoms with Crippen LogP contribution < -0.4 is 14.8 Å². The third kappa shape index (κ3) is 4.34. The minimum Gasteiger partial charge on any atom is -0.495 e. The fraction of sp³-hybridized carbons (Fsp3) is 0.533. The van der Waals surface area contributed by atoms with E-state index in [0.29, 0.717) is 28.1 Å². The smallest absolute Gasteiger partial charge is 0.251 e. The molecule has 0 bridgehead atoms. The summed E-state index contributed by atoms with van der Waals surface area (Å²) in [5.41, 5.74) is 0.513. The highest BCUT2D eigenvalue weighted by Gasteiger charge is 2.15. The molecule has 2 rings (SSSR count). The van der Waals surface area contributed by atoms with E-state index in [9.17, 15) is 4.79 Å². The largest absolute Gasteiger partial charge is 0.495 e. The summed E-state index contributed by atoms with van der Waals surface area (Å²) in [7, 11) is 3.11. The first kappa shape index (κ1) is 17.1. The molecule has 0 radical (unpaired) electrons. The molecule has 1 aliphatic heterocycles. The Labute approximate surface area is 138 Å². The van der Waals surface area contributed by atoms with Gasteiger partial charge < -0.3 is 19.5 Å². The Morgan fingerprint density at radius 3 is 2.41 bits per heavy atom. The summed E-state index contributed by atoms with van der Waals surface area (Å²) in [5, 5.41) is 2.92. The average Bonchev–Trinajstić information content (AvgIpc) is 2.56. The lowest BCUT2D eigenvalue weighted by Crippen LogP contribution is -2.41. The minimum absolute atomic E-state index is 0.141. The molecule has 0 saturated carbocycles. The van der Waals surface area contributed by atoms with Crippen molar-refractivity contribution in [1.82, 2.24) is 10.2 Å². The van der Waals surface area contributed by atoms with Gasteiger partial charge in [-0.1, -0.05) is 0 Å². The quantitative estimate of drug-likeness (QED) is 0.820. The van der Waals surface area contributed by atoms with E-state index in [4.69, 9.17) is 14.2 Å². The molecule has 1 aromatic rings. The van der Waals surface area contributed by atoms with Crippen molar-refractivity contribution in [3.05, 3.63) is 22.2 Å². The van der Waals surface area contributed by atoms with Crippen molar-refractivity contribution in [2.75, 3.05) is 53.6 Å². The van der Waals surface area contributed by atoms with E-state index < -0.39 is 0 Å². The zero-order valence-corrected chi connectivity index (χ0v) is 14.4. The highest BCUT2D eigenvalue weighted by atomic mass is 79.9. The number of halogens is 1. The number of nitrogens with one attached hydrogen (secondary N) is 1. The fourth-order valence-electron chi connectivity index (χ4n) is 2.25. The fourth-order valence-corrected chi connectivity index (χ4v) is 2.81. The van der Waals surface area contributed by atoms with Crippen LogP contribution in [0.1, 0.15) is 10.4 Å². The van der Waals surface area contributed by atoms with Crippen LogP contribution in [0.5, 0.6) is 11.5 Å². The Bertz CT molecular complexity index is 493. The topological polar surface area (TPSA) is 60.0 Å². The van der Waals surface area contributed by atoms with Gasteiger partial charge in [-0.3, -0.25) is 9.69 Å². The third-order valence-corrected chi connectivity index (χ3v) is 4.31. The summed E-state index contributed by atoms with van der Waals surface area (Å²) in [6.45, 7) is 4.76. The van der Waals surface area contributed by atoms with Crippen LogP contribution in [-0.2, 0) is 4.74 Å². The monoisotopic (exact) mass is 372 g/mol. The van der Waals surface area contributed by atoms with Crippen molar-refractivity contribution >= 4 is 21.8 Å². The number of morpholine rings is 1. The van der Waals surface area contributed by atoms with Gasteiger partial charge >= 0.3 is 0 Å². The zero-order valence-electron chi connectivity index (χ0n) is 12.9. The third-order valence-electron chi connectivity index (χ3n) is 3.53. The molecule has 0 unspecified atom stereocenters. The van der Waals surface area contributed by atoms with Gasteiger partial charge in [-0.2, -0.15) is 0 Å². The second-order valence-corrected chi connectivity index (χ2v) is 5.70. The van der Waals surface area contributed by atoms with Gasteiger partial charge in [0.25, 0.3) is 5.91 Å². The number of hydrogen-bond acceptors (Lipinski definition) is 5. The number of carbonyl (C=O) groups excluding carboxylic acids is 1. The normalized spacial score (nSPS) is 15.4. The second-order valence-electron chi connectivity index (χ2n) is 4.90. The Morgan fingerprint density at radius 1 is 1.27 bits per heavy atom. The Morgan fingerprint density at radius 2 is 1.86 bits per heavy atom. The van der Waals surface area contributed by atoms with Crippen LogP contribution in [0, 0.1) is 0 Å². The van der Waals surface area contributed by atoms with E-state index in [0.717, 1.165) is 32.8 Å². The van der Waals surface area contributed by atoms with Crippen LogP contribution in [0.25, 0.3) is 0 Å². The van der Waals surface area contributed by atoms with Gasteiger partial charge in [0, 0.05) is 31.7 Å². The molecule has 0 aromatic heterocycles. The number of ether oxygens (including phenoxy) is 3. The number of benzene rings is 1. The van der Waals surface area contributed by atoms with Crippen molar-refractivity contribution in [2.24, 2.45) is 0 Å². The Hall–Kier alpha value is -1.31. The van der Waals surface area contributed by atoms with E-state index in [2.05, 4.69) is 26.1 Å². The van der Waals surface area contributed by atoms with E-state index in [1.807, 2.05) is 0 Å². The highest BCUT2D eigenvalue weighted by molar-refractivity contribution is 9.10. The molecular weight excluding hydrogens is 352 g/mol. The van der Waals surface area contributed by atoms with Gasteiger partial charge in [0.1, 0.15) is 16.0 Å². The molecule has 1 aromatic carbocycles. The molecule has 1 N–H and O–H groups in total. The zero-order chi connectivity index (χ0) is 15.9. The van der Waals surface area contributed by atoms with E-state index in [1.54, 1.807) is 26.4 Å². The molecule has 1 heterocycles. The van der Waals surface area contributed by atoms with Crippen LogP contribution in [-0.4, -0.2) is 64.4 Å². The first-order valence-corrected chi connectivity index (χ1v) is 7.95. The molecule has 1 fully saturated rings. The molecule has 6 nitrogen and oxygen atoms in total. The van der Waals surface area contributed by atoms with E-state index >= 15 is 0 Å². The van der Waals surface area contributed by atoms with Crippen LogP contribution in [0.4, 0.5) is 0 Å². The number of rotatable bonds is 6. The number of carbonyl (C=O) groups is 1. The summed E-state index contributed by atoms with van der Waals surface area (Å²) in [4.78, 5) is 14.5. The number of amides is 1. The lowest BCUT2D eigenvalue weighted by atomic mass is 10.2. The summed E-state index contributed by atoms with van der Waals surface area (Å²) in [6, 6.07) is 3.38. The lowest BCUT2D eigenvalue weighted by molar-refractivity contribution is 0.0383. The number of nitrogens with zero attached hydrogens (tertiary/aromatic N) is 1. The average molecular weight is 373 g/mol. The van der Waals surface area contributed by atoms with Gasteiger partial charge in [0.05, 0.1) is 27.4 Å². The molecule has 0 spiro atoms. The Kier molecular flexibility index (Phi) is 6.48. The van der Waals surface area contributed by atoms with Crippen LogP contribution >= 0.6 is 15.9 Å². The van der Waals surface area contributed by atoms with E-state index in [1.165, 1.54) is 0 Å². The molecule has 122 valence electrons. The molecule has 1 saturated heterocycles. The SMILES string of the molecule is COc1cc(C(=O)NCCN2CCOCC2)cc(OC)c1Br. The molecular formula is C15H21BrN2O4. The van der Waals surface area contributed by atoms with Crippen LogP contribution in [0.2, 0.25) is 0 Å². The standard InChI is InChI=1S/C15H21BrN2O4/c1-20-12-9-11(10-13(21-2)14(12)16)15(19)17-3-4-18-5-7-22-8-6-18/h9-10H,3-8H2,1-2H3,(H,17,19). The van der Waals surface area contributed by atoms with Crippen molar-refractivity contribution in [2.45, 2.75) is 0 Å². The first-order chi connectivity index (χ1) is 10.7. The molecule has 0 aliphatic carbocycles. The van der Waals surface area contributed by atoms with Crippen LogP contribution in [0.3, 0.4) is 0 Å². The van der Waals surface area contributed by atoms with Gasteiger partial charge in [-0.25, -0.2) is 0 Å².